The standard InChI is InChI=1S/C19H31N3O6S/c1-13-11-22(17-10-14(24)15(12-23)28-17)19(27)21(18(13)26)8-5-3-2-4-7-20-16(25)6-9-29/h11,14-15,17,23-24,29H,2-10,12H2,1H3,(H,20,25)/t14?,15-,17-/m1/s1. The largest absolute Gasteiger partial charge is 0.394 e. The summed E-state index contributed by atoms with van der Waals surface area (Å²) in [7, 11) is 0. The number of aryl methyl sites for hydroxylation is 1. The lowest BCUT2D eigenvalue weighted by molar-refractivity contribution is -0.120. The highest BCUT2D eigenvalue weighted by Crippen LogP contribution is 2.27. The summed E-state index contributed by atoms with van der Waals surface area (Å²) in [4.78, 5) is 36.5. The van der Waals surface area contributed by atoms with E-state index < -0.39 is 24.1 Å². The van der Waals surface area contributed by atoms with Crippen molar-refractivity contribution in [3.05, 3.63) is 32.6 Å². The zero-order chi connectivity index (χ0) is 21.4. The highest BCUT2D eigenvalue weighted by Gasteiger charge is 2.35. The Hall–Kier alpha value is -1.62. The molecular formula is C19H31N3O6S. The molecule has 1 amide bonds. The number of thiol groups is 1. The summed E-state index contributed by atoms with van der Waals surface area (Å²) in [6, 6.07) is 0. The van der Waals surface area contributed by atoms with Gasteiger partial charge in [-0.3, -0.25) is 18.7 Å². The summed E-state index contributed by atoms with van der Waals surface area (Å²) in [6.07, 6.45) is 2.95. The predicted octanol–water partition coefficient (Wildman–Crippen LogP) is -0.0444. The maximum atomic E-state index is 12.8. The number of amides is 1. The molecule has 0 bridgehead atoms. The van der Waals surface area contributed by atoms with Gasteiger partial charge in [0.25, 0.3) is 5.56 Å². The number of hydrogen-bond donors (Lipinski definition) is 4. The van der Waals surface area contributed by atoms with Gasteiger partial charge in [-0.1, -0.05) is 12.8 Å². The molecule has 1 unspecified atom stereocenters. The molecule has 3 atom stereocenters. The van der Waals surface area contributed by atoms with E-state index in [9.17, 15) is 24.6 Å². The molecule has 1 aliphatic heterocycles. The lowest BCUT2D eigenvalue weighted by atomic mass is 10.2. The van der Waals surface area contributed by atoms with Crippen molar-refractivity contribution in [1.82, 2.24) is 14.5 Å². The monoisotopic (exact) mass is 429 g/mol. The average Bonchev–Trinajstić information content (AvgIpc) is 3.06. The number of hydrogen-bond acceptors (Lipinski definition) is 7. The molecule has 0 aromatic carbocycles. The first-order chi connectivity index (χ1) is 13.9. The van der Waals surface area contributed by atoms with Gasteiger partial charge in [0.05, 0.1) is 12.7 Å². The maximum Gasteiger partial charge on any atom is 0.333 e. The van der Waals surface area contributed by atoms with Gasteiger partial charge >= 0.3 is 5.69 Å². The van der Waals surface area contributed by atoms with Crippen LogP contribution in [-0.2, 0) is 16.1 Å². The molecular weight excluding hydrogens is 398 g/mol. The van der Waals surface area contributed by atoms with Crippen LogP contribution in [0.5, 0.6) is 0 Å². The summed E-state index contributed by atoms with van der Waals surface area (Å²) in [6.45, 7) is 2.21. The molecule has 2 heterocycles. The second kappa shape index (κ2) is 11.5. The van der Waals surface area contributed by atoms with Crippen molar-refractivity contribution in [3.8, 4) is 0 Å². The Morgan fingerprint density at radius 3 is 2.69 bits per heavy atom. The van der Waals surface area contributed by atoms with Crippen LogP contribution < -0.4 is 16.6 Å². The van der Waals surface area contributed by atoms with E-state index in [2.05, 4.69) is 17.9 Å². The van der Waals surface area contributed by atoms with Gasteiger partial charge in [-0.05, 0) is 25.5 Å². The van der Waals surface area contributed by atoms with Gasteiger partial charge in [-0.15, -0.1) is 0 Å². The molecule has 3 N–H and O–H groups in total. The van der Waals surface area contributed by atoms with E-state index >= 15 is 0 Å². The molecule has 9 nitrogen and oxygen atoms in total. The number of ether oxygens (including phenoxy) is 1. The number of rotatable bonds is 11. The molecule has 10 heteroatoms. The van der Waals surface area contributed by atoms with Crippen LogP contribution in [0.15, 0.2) is 15.8 Å². The van der Waals surface area contributed by atoms with Crippen molar-refractivity contribution < 1.29 is 19.7 Å². The molecule has 1 aromatic heterocycles. The predicted molar refractivity (Wildman–Crippen MR) is 111 cm³/mol. The van der Waals surface area contributed by atoms with Crippen LogP contribution in [-0.4, -0.2) is 56.4 Å². The van der Waals surface area contributed by atoms with E-state index in [0.29, 0.717) is 37.2 Å². The van der Waals surface area contributed by atoms with Crippen molar-refractivity contribution in [3.63, 3.8) is 0 Å². The van der Waals surface area contributed by atoms with E-state index in [1.165, 1.54) is 15.3 Å². The second-order valence-corrected chi connectivity index (χ2v) is 7.76. The molecule has 29 heavy (non-hydrogen) atoms. The van der Waals surface area contributed by atoms with E-state index in [-0.39, 0.29) is 24.5 Å². The summed E-state index contributed by atoms with van der Waals surface area (Å²) in [5, 5.41) is 22.0. The number of aliphatic hydroxyl groups is 2. The Labute approximate surface area is 175 Å². The summed E-state index contributed by atoms with van der Waals surface area (Å²) in [5.41, 5.74) is -0.389. The third kappa shape index (κ3) is 6.43. The van der Waals surface area contributed by atoms with Crippen molar-refractivity contribution in [2.75, 3.05) is 18.9 Å². The lowest BCUT2D eigenvalue weighted by Gasteiger charge is -2.17. The van der Waals surface area contributed by atoms with Gasteiger partial charge in [0.1, 0.15) is 12.3 Å². The summed E-state index contributed by atoms with van der Waals surface area (Å²) in [5.74, 6) is 0.523. The second-order valence-electron chi connectivity index (χ2n) is 7.31. The van der Waals surface area contributed by atoms with Gasteiger partial charge in [0, 0.05) is 37.7 Å². The van der Waals surface area contributed by atoms with Gasteiger partial charge in [0.15, 0.2) is 0 Å². The molecule has 2 rings (SSSR count). The fourth-order valence-electron chi connectivity index (χ4n) is 3.38. The van der Waals surface area contributed by atoms with Crippen LogP contribution in [0.1, 0.15) is 50.3 Å². The van der Waals surface area contributed by atoms with E-state index in [4.69, 9.17) is 4.74 Å². The Balaban J connectivity index is 1.91. The molecule has 164 valence electrons. The van der Waals surface area contributed by atoms with E-state index in [1.807, 2.05) is 0 Å². The first-order valence-corrected chi connectivity index (χ1v) is 10.7. The van der Waals surface area contributed by atoms with Crippen LogP contribution in [0.4, 0.5) is 0 Å². The number of unbranched alkanes of at least 4 members (excludes halogenated alkanes) is 3. The quantitative estimate of drug-likeness (QED) is 0.289. The number of carbonyl (C=O) groups excluding carboxylic acids is 1. The molecule has 1 saturated heterocycles. The molecule has 1 aromatic rings. The van der Waals surface area contributed by atoms with Crippen LogP contribution in [0.2, 0.25) is 0 Å². The Kier molecular flexibility index (Phi) is 9.41. The van der Waals surface area contributed by atoms with Crippen molar-refractivity contribution in [1.29, 1.82) is 0 Å². The third-order valence-corrected chi connectivity index (χ3v) is 5.25. The van der Waals surface area contributed by atoms with Crippen LogP contribution in [0.3, 0.4) is 0 Å². The summed E-state index contributed by atoms with van der Waals surface area (Å²) < 4.78 is 8.08. The molecule has 0 saturated carbocycles. The third-order valence-electron chi connectivity index (χ3n) is 5.03. The van der Waals surface area contributed by atoms with Crippen molar-refractivity contribution in [2.45, 2.75) is 70.4 Å². The van der Waals surface area contributed by atoms with Gasteiger partial charge < -0.3 is 20.3 Å². The Morgan fingerprint density at radius 2 is 2.03 bits per heavy atom. The smallest absolute Gasteiger partial charge is 0.333 e. The highest BCUT2D eigenvalue weighted by molar-refractivity contribution is 7.80. The minimum Gasteiger partial charge on any atom is -0.394 e. The maximum absolute atomic E-state index is 12.8. The number of aromatic nitrogens is 2. The number of nitrogens with one attached hydrogen (secondary N) is 1. The van der Waals surface area contributed by atoms with Crippen LogP contribution >= 0.6 is 12.6 Å². The lowest BCUT2D eigenvalue weighted by Crippen LogP contribution is -2.42. The first-order valence-electron chi connectivity index (χ1n) is 10.0. The summed E-state index contributed by atoms with van der Waals surface area (Å²) >= 11 is 4.01. The van der Waals surface area contributed by atoms with Gasteiger partial charge in [-0.25, -0.2) is 4.79 Å². The van der Waals surface area contributed by atoms with E-state index in [1.54, 1.807) is 6.92 Å². The van der Waals surface area contributed by atoms with Gasteiger partial charge in [-0.2, -0.15) is 12.6 Å². The highest BCUT2D eigenvalue weighted by atomic mass is 32.1. The topological polar surface area (TPSA) is 123 Å². The first kappa shape index (κ1) is 23.7. The fourth-order valence-corrected chi connectivity index (χ4v) is 3.58. The van der Waals surface area contributed by atoms with Crippen LogP contribution in [0, 0.1) is 6.92 Å². The normalized spacial score (nSPS) is 21.4. The molecule has 0 radical (unpaired) electrons. The molecule has 0 spiro atoms. The molecule has 0 aliphatic carbocycles. The zero-order valence-electron chi connectivity index (χ0n) is 16.7. The van der Waals surface area contributed by atoms with Crippen molar-refractivity contribution >= 4 is 18.5 Å². The van der Waals surface area contributed by atoms with E-state index in [0.717, 1.165) is 19.3 Å². The van der Waals surface area contributed by atoms with Crippen molar-refractivity contribution in [2.24, 2.45) is 0 Å². The van der Waals surface area contributed by atoms with Crippen LogP contribution in [0.25, 0.3) is 0 Å². The number of aliphatic hydroxyl groups excluding tert-OH is 2. The average molecular weight is 430 g/mol. The fraction of sp³-hybridized carbons (Fsp3) is 0.737. The zero-order valence-corrected chi connectivity index (χ0v) is 17.6. The number of nitrogens with zero attached hydrogens (tertiary/aromatic N) is 2. The molecule has 1 aliphatic rings. The molecule has 1 fully saturated rings. The minimum atomic E-state index is -0.856. The van der Waals surface area contributed by atoms with Gasteiger partial charge in [0.2, 0.25) is 5.91 Å². The minimum absolute atomic E-state index is 0.00505. The number of carbonyl (C=O) groups is 1. The Morgan fingerprint density at radius 1 is 1.31 bits per heavy atom. The SMILES string of the molecule is Cc1cn([C@H]2CC(O)[C@@H](CO)O2)c(=O)n(CCCCCCNC(=O)CCS)c1=O. The Bertz CT molecular complexity index is 793.